The molecule has 4 heteroatoms. The molecule has 4 aromatic rings. The van der Waals surface area contributed by atoms with Crippen molar-refractivity contribution >= 4 is 11.3 Å². The molecule has 1 aliphatic carbocycles. The molecule has 0 bridgehead atoms. The summed E-state index contributed by atoms with van der Waals surface area (Å²) >= 11 is 1.79. The van der Waals surface area contributed by atoms with Crippen molar-refractivity contribution in [2.24, 2.45) is 0 Å². The van der Waals surface area contributed by atoms with E-state index in [4.69, 9.17) is 9.72 Å². The minimum atomic E-state index is 0.754. The van der Waals surface area contributed by atoms with Gasteiger partial charge in [-0.2, -0.15) is 0 Å². The lowest BCUT2D eigenvalue weighted by atomic mass is 9.80. The Morgan fingerprint density at radius 1 is 0.794 bits per heavy atom. The molecule has 1 aromatic heterocycles. The van der Waals surface area contributed by atoms with E-state index in [0.29, 0.717) is 0 Å². The lowest BCUT2D eigenvalue weighted by Gasteiger charge is -2.26. The molecule has 1 saturated carbocycles. The molecule has 6 rings (SSSR count). The first-order valence-corrected chi connectivity index (χ1v) is 13.2. The second-order valence-corrected chi connectivity index (χ2v) is 10.4. The lowest BCUT2D eigenvalue weighted by molar-refractivity contribution is 0.0342. The number of nitrogens with zero attached hydrogens (tertiary/aromatic N) is 2. The van der Waals surface area contributed by atoms with Gasteiger partial charge in [-0.25, -0.2) is 4.98 Å². The monoisotopic (exact) mass is 466 g/mol. The van der Waals surface area contributed by atoms with Crippen molar-refractivity contribution in [1.82, 2.24) is 9.88 Å². The average Bonchev–Trinajstić information content (AvgIpc) is 3.31. The first kappa shape index (κ1) is 21.7. The van der Waals surface area contributed by atoms with Crippen molar-refractivity contribution in [3.63, 3.8) is 0 Å². The maximum absolute atomic E-state index is 5.48. The van der Waals surface area contributed by atoms with Crippen molar-refractivity contribution in [2.45, 2.75) is 31.7 Å². The third-order valence-electron chi connectivity index (χ3n) is 7.13. The molecule has 34 heavy (non-hydrogen) atoms. The fourth-order valence-electron chi connectivity index (χ4n) is 4.85. The standard InChI is InChI=1S/C30H30N2OS/c1-2-5-26(6-3-1)29-28(25-15-13-24(14-16-25)23-7-4-8-23)31-30(34-29)27-11-9-22(10-12-27)21-32-17-19-33-20-18-32/h1-3,5-6,9-16,23H,4,7-8,17-21H2. The van der Waals surface area contributed by atoms with E-state index in [1.165, 1.54) is 52.0 Å². The fourth-order valence-corrected chi connectivity index (χ4v) is 5.95. The molecule has 2 heterocycles. The van der Waals surface area contributed by atoms with Gasteiger partial charge in [0.25, 0.3) is 0 Å². The highest BCUT2D eigenvalue weighted by Crippen LogP contribution is 2.42. The highest BCUT2D eigenvalue weighted by Gasteiger charge is 2.21. The Kier molecular flexibility index (Phi) is 6.28. The summed E-state index contributed by atoms with van der Waals surface area (Å²) in [5.41, 5.74) is 7.52. The van der Waals surface area contributed by atoms with Gasteiger partial charge in [-0.05, 0) is 35.4 Å². The Hall–Kier alpha value is -2.79. The Balaban J connectivity index is 1.30. The fraction of sp³-hybridized carbons (Fsp3) is 0.300. The van der Waals surface area contributed by atoms with Gasteiger partial charge in [-0.1, -0.05) is 85.3 Å². The lowest BCUT2D eigenvalue weighted by Crippen LogP contribution is -2.35. The third kappa shape index (κ3) is 4.58. The van der Waals surface area contributed by atoms with E-state index in [1.807, 2.05) is 0 Å². The SMILES string of the molecule is c1ccc(-c2sc(-c3ccc(CN4CCOCC4)cc3)nc2-c2ccc(C3CCC3)cc2)cc1. The van der Waals surface area contributed by atoms with Crippen LogP contribution in [0.3, 0.4) is 0 Å². The maximum Gasteiger partial charge on any atom is 0.124 e. The first-order valence-electron chi connectivity index (χ1n) is 12.4. The van der Waals surface area contributed by atoms with Crippen LogP contribution >= 0.6 is 11.3 Å². The zero-order valence-corrected chi connectivity index (χ0v) is 20.3. The van der Waals surface area contributed by atoms with Crippen LogP contribution < -0.4 is 0 Å². The molecular weight excluding hydrogens is 436 g/mol. The molecule has 3 aromatic carbocycles. The van der Waals surface area contributed by atoms with Crippen LogP contribution in [0.2, 0.25) is 0 Å². The summed E-state index contributed by atoms with van der Waals surface area (Å²) < 4.78 is 5.48. The van der Waals surface area contributed by atoms with Gasteiger partial charge < -0.3 is 4.74 Å². The average molecular weight is 467 g/mol. The van der Waals surface area contributed by atoms with Crippen molar-refractivity contribution < 1.29 is 4.74 Å². The number of hydrogen-bond acceptors (Lipinski definition) is 4. The largest absolute Gasteiger partial charge is 0.379 e. The van der Waals surface area contributed by atoms with Gasteiger partial charge in [0.15, 0.2) is 0 Å². The van der Waals surface area contributed by atoms with Crippen LogP contribution in [0.5, 0.6) is 0 Å². The molecule has 1 saturated heterocycles. The Bertz CT molecular complexity index is 1220. The summed E-state index contributed by atoms with van der Waals surface area (Å²) in [5.74, 6) is 0.754. The summed E-state index contributed by atoms with van der Waals surface area (Å²) in [7, 11) is 0. The van der Waals surface area contributed by atoms with Gasteiger partial charge in [0, 0.05) is 30.8 Å². The van der Waals surface area contributed by atoms with E-state index in [2.05, 4.69) is 83.8 Å². The second-order valence-electron chi connectivity index (χ2n) is 9.40. The second kappa shape index (κ2) is 9.83. The van der Waals surface area contributed by atoms with Crippen molar-refractivity contribution in [3.05, 3.63) is 90.0 Å². The smallest absolute Gasteiger partial charge is 0.124 e. The summed E-state index contributed by atoms with van der Waals surface area (Å²) in [6.45, 7) is 4.68. The maximum atomic E-state index is 5.48. The van der Waals surface area contributed by atoms with Gasteiger partial charge in [0.1, 0.15) is 5.01 Å². The molecule has 0 amide bonds. The predicted octanol–water partition coefficient (Wildman–Crippen LogP) is 7.24. The number of ether oxygens (including phenoxy) is 1. The summed E-state index contributed by atoms with van der Waals surface area (Å²) in [4.78, 5) is 8.87. The van der Waals surface area contributed by atoms with E-state index in [-0.39, 0.29) is 0 Å². The zero-order valence-electron chi connectivity index (χ0n) is 19.5. The third-order valence-corrected chi connectivity index (χ3v) is 8.29. The van der Waals surface area contributed by atoms with E-state index in [0.717, 1.165) is 49.5 Å². The van der Waals surface area contributed by atoms with Crippen LogP contribution in [-0.4, -0.2) is 36.2 Å². The number of rotatable bonds is 6. The molecule has 0 unspecified atom stereocenters. The van der Waals surface area contributed by atoms with E-state index in [1.54, 1.807) is 11.3 Å². The van der Waals surface area contributed by atoms with E-state index >= 15 is 0 Å². The number of thiazole rings is 1. The topological polar surface area (TPSA) is 25.4 Å². The van der Waals surface area contributed by atoms with E-state index in [9.17, 15) is 0 Å². The van der Waals surface area contributed by atoms with Gasteiger partial charge in [0.2, 0.25) is 0 Å². The Morgan fingerprint density at radius 3 is 2.18 bits per heavy atom. The van der Waals surface area contributed by atoms with Crippen molar-refractivity contribution in [1.29, 1.82) is 0 Å². The number of benzene rings is 3. The van der Waals surface area contributed by atoms with Crippen LogP contribution in [0.15, 0.2) is 78.9 Å². The van der Waals surface area contributed by atoms with Crippen LogP contribution in [0, 0.1) is 0 Å². The van der Waals surface area contributed by atoms with Crippen LogP contribution in [0.1, 0.15) is 36.3 Å². The Morgan fingerprint density at radius 2 is 1.50 bits per heavy atom. The predicted molar refractivity (Wildman–Crippen MR) is 141 cm³/mol. The molecule has 0 N–H and O–H groups in total. The summed E-state index contributed by atoms with van der Waals surface area (Å²) in [5, 5.41) is 1.08. The minimum absolute atomic E-state index is 0.754. The molecule has 0 atom stereocenters. The van der Waals surface area contributed by atoms with Gasteiger partial charge in [0.05, 0.1) is 23.8 Å². The number of hydrogen-bond donors (Lipinski definition) is 0. The molecular formula is C30H30N2OS. The molecule has 1 aliphatic heterocycles. The molecule has 2 aliphatic rings. The van der Waals surface area contributed by atoms with Crippen LogP contribution in [-0.2, 0) is 11.3 Å². The van der Waals surface area contributed by atoms with E-state index < -0.39 is 0 Å². The minimum Gasteiger partial charge on any atom is -0.379 e. The first-order chi connectivity index (χ1) is 16.8. The quantitative estimate of drug-likeness (QED) is 0.299. The summed E-state index contributed by atoms with van der Waals surface area (Å²) in [6, 6.07) is 28.8. The molecule has 0 radical (unpaired) electrons. The molecule has 0 spiro atoms. The number of morpholine rings is 1. The van der Waals surface area contributed by atoms with Crippen molar-refractivity contribution in [3.8, 4) is 32.3 Å². The van der Waals surface area contributed by atoms with Crippen LogP contribution in [0.25, 0.3) is 32.3 Å². The zero-order chi connectivity index (χ0) is 22.7. The van der Waals surface area contributed by atoms with Gasteiger partial charge in [-0.15, -0.1) is 11.3 Å². The molecule has 2 fully saturated rings. The molecule has 3 nitrogen and oxygen atoms in total. The highest BCUT2D eigenvalue weighted by molar-refractivity contribution is 7.19. The van der Waals surface area contributed by atoms with Crippen LogP contribution in [0.4, 0.5) is 0 Å². The van der Waals surface area contributed by atoms with Gasteiger partial charge >= 0.3 is 0 Å². The Labute approximate surface area is 206 Å². The summed E-state index contributed by atoms with van der Waals surface area (Å²) in [6.07, 6.45) is 4.03. The van der Waals surface area contributed by atoms with Crippen molar-refractivity contribution in [2.75, 3.05) is 26.3 Å². The normalized spacial score (nSPS) is 16.9. The van der Waals surface area contributed by atoms with Gasteiger partial charge in [-0.3, -0.25) is 4.90 Å². The molecule has 172 valence electrons. The highest BCUT2D eigenvalue weighted by atomic mass is 32.1. The number of aromatic nitrogens is 1.